The second kappa shape index (κ2) is 6.53. The highest BCUT2D eigenvalue weighted by Gasteiger charge is 2.25. The van der Waals surface area contributed by atoms with Gasteiger partial charge in [0.25, 0.3) is 0 Å². The predicted octanol–water partition coefficient (Wildman–Crippen LogP) is 1.58. The van der Waals surface area contributed by atoms with Crippen molar-refractivity contribution in [3.8, 4) is 0 Å². The first kappa shape index (κ1) is 15.5. The lowest BCUT2D eigenvalue weighted by atomic mass is 10.2. The van der Waals surface area contributed by atoms with Crippen molar-refractivity contribution >= 4 is 16.2 Å². The Labute approximate surface area is 112 Å². The first-order chi connectivity index (χ1) is 8.83. The molecular formula is C12H17NO5S. The third-order valence-corrected chi connectivity index (χ3v) is 3.94. The quantitative estimate of drug-likeness (QED) is 0.672. The summed E-state index contributed by atoms with van der Waals surface area (Å²) < 4.78 is 31.6. The summed E-state index contributed by atoms with van der Waals surface area (Å²) in [6.07, 6.45) is -0.738. The van der Waals surface area contributed by atoms with E-state index >= 15 is 0 Å². The summed E-state index contributed by atoms with van der Waals surface area (Å²) >= 11 is 0. The van der Waals surface area contributed by atoms with Crippen molar-refractivity contribution in [3.63, 3.8) is 0 Å². The largest absolute Gasteiger partial charge is 0.420 e. The Balaban J connectivity index is 0.000000382. The van der Waals surface area contributed by atoms with Crippen LogP contribution in [0.1, 0.15) is 24.7 Å². The molecule has 1 heterocycles. The monoisotopic (exact) mass is 287 g/mol. The molecule has 6 nitrogen and oxygen atoms in total. The van der Waals surface area contributed by atoms with E-state index in [0.29, 0.717) is 11.7 Å². The van der Waals surface area contributed by atoms with Crippen molar-refractivity contribution < 1.29 is 22.1 Å². The Bertz CT molecular complexity index is 510. The maximum absolute atomic E-state index is 11.4. The molecule has 0 aromatic heterocycles. The average Bonchev–Trinajstić information content (AvgIpc) is 3.11. The summed E-state index contributed by atoms with van der Waals surface area (Å²) in [4.78, 5) is 10.4. The summed E-state index contributed by atoms with van der Waals surface area (Å²) in [6, 6.07) is 8.42. The minimum Gasteiger partial charge on any atom is -0.373 e. The van der Waals surface area contributed by atoms with Gasteiger partial charge in [-0.25, -0.2) is 4.79 Å². The van der Waals surface area contributed by atoms with Crippen LogP contribution in [0.25, 0.3) is 0 Å². The van der Waals surface area contributed by atoms with Crippen molar-refractivity contribution in [1.82, 2.24) is 0 Å². The fraction of sp³-hybridized carbons (Fsp3) is 0.417. The molecule has 2 unspecified atom stereocenters. The van der Waals surface area contributed by atoms with Crippen molar-refractivity contribution in [3.05, 3.63) is 35.9 Å². The van der Waals surface area contributed by atoms with E-state index in [1.54, 1.807) is 30.3 Å². The SMILES string of the molecule is CC(c1ccccc1)S(=O)(=O)OC(N)=O.CC1CO1. The van der Waals surface area contributed by atoms with Gasteiger partial charge in [-0.3, -0.25) is 0 Å². The molecule has 0 saturated carbocycles. The number of ether oxygens (including phenoxy) is 1. The molecule has 0 bridgehead atoms. The van der Waals surface area contributed by atoms with E-state index < -0.39 is 21.5 Å². The van der Waals surface area contributed by atoms with Crippen molar-refractivity contribution in [2.24, 2.45) is 5.73 Å². The molecule has 0 spiro atoms. The van der Waals surface area contributed by atoms with E-state index in [4.69, 9.17) is 4.74 Å². The van der Waals surface area contributed by atoms with Gasteiger partial charge in [0.05, 0.1) is 12.7 Å². The van der Waals surface area contributed by atoms with Gasteiger partial charge in [0.1, 0.15) is 5.25 Å². The average molecular weight is 287 g/mol. The summed E-state index contributed by atoms with van der Waals surface area (Å²) in [5, 5.41) is -0.925. The number of rotatable bonds is 3. The standard InChI is InChI=1S/C9H11NO4S.C3H6O/c1-7(8-5-3-2-4-6-8)15(12,13)14-9(10)11;1-3-2-4-3/h2-7H,1H3,(H2,10,11);3H,2H2,1H3. The third kappa shape index (κ3) is 5.71. The van der Waals surface area contributed by atoms with Crippen LogP contribution in [-0.4, -0.2) is 27.2 Å². The molecule has 7 heteroatoms. The zero-order chi connectivity index (χ0) is 14.5. The van der Waals surface area contributed by atoms with Gasteiger partial charge in [-0.15, -0.1) is 0 Å². The highest BCUT2D eigenvalue weighted by molar-refractivity contribution is 7.87. The van der Waals surface area contributed by atoms with Gasteiger partial charge in [-0.05, 0) is 19.4 Å². The molecule has 106 valence electrons. The van der Waals surface area contributed by atoms with Crippen LogP contribution in [0.15, 0.2) is 30.3 Å². The lowest BCUT2D eigenvalue weighted by Gasteiger charge is -2.11. The highest BCUT2D eigenvalue weighted by Crippen LogP contribution is 2.22. The topological polar surface area (TPSA) is 99.0 Å². The van der Waals surface area contributed by atoms with Crippen molar-refractivity contribution in [1.29, 1.82) is 0 Å². The molecule has 1 aromatic carbocycles. The number of benzene rings is 1. The molecule has 2 atom stereocenters. The minimum atomic E-state index is -3.99. The molecule has 0 aliphatic carbocycles. The maximum Gasteiger partial charge on any atom is 0.420 e. The molecule has 1 aliphatic heterocycles. The molecule has 2 rings (SSSR count). The lowest BCUT2D eigenvalue weighted by molar-refractivity contribution is 0.212. The Morgan fingerprint density at radius 3 is 2.26 bits per heavy atom. The first-order valence-electron chi connectivity index (χ1n) is 5.72. The fourth-order valence-electron chi connectivity index (χ4n) is 1.17. The van der Waals surface area contributed by atoms with Gasteiger partial charge in [0.2, 0.25) is 0 Å². The molecule has 1 aliphatic rings. The Kier molecular flexibility index (Phi) is 5.31. The summed E-state index contributed by atoms with van der Waals surface area (Å²) in [7, 11) is -3.99. The van der Waals surface area contributed by atoms with Gasteiger partial charge in [-0.1, -0.05) is 30.3 Å². The maximum atomic E-state index is 11.4. The number of amides is 1. The van der Waals surface area contributed by atoms with Crippen molar-refractivity contribution in [2.75, 3.05) is 6.61 Å². The Hall–Kier alpha value is -1.60. The fourth-order valence-corrected chi connectivity index (χ4v) is 2.04. The van der Waals surface area contributed by atoms with E-state index in [9.17, 15) is 13.2 Å². The van der Waals surface area contributed by atoms with Gasteiger partial charge in [-0.2, -0.15) is 8.42 Å². The predicted molar refractivity (Wildman–Crippen MR) is 69.9 cm³/mol. The normalized spacial score (nSPS) is 18.7. The zero-order valence-corrected chi connectivity index (χ0v) is 11.6. The number of carbonyl (C=O) groups is 1. The number of hydrogen-bond acceptors (Lipinski definition) is 5. The van der Waals surface area contributed by atoms with Crippen LogP contribution in [0.2, 0.25) is 0 Å². The number of hydrogen-bond donors (Lipinski definition) is 1. The summed E-state index contributed by atoms with van der Waals surface area (Å²) in [6.45, 7) is 4.47. The molecule has 1 fully saturated rings. The second-order valence-electron chi connectivity index (χ2n) is 4.09. The molecule has 1 saturated heterocycles. The van der Waals surface area contributed by atoms with Crippen LogP contribution in [0.5, 0.6) is 0 Å². The van der Waals surface area contributed by atoms with Crippen LogP contribution in [0.4, 0.5) is 4.79 Å². The number of epoxide rings is 1. The number of carbonyl (C=O) groups excluding carboxylic acids is 1. The van der Waals surface area contributed by atoms with Gasteiger partial charge in [0.15, 0.2) is 0 Å². The first-order valence-corrected chi connectivity index (χ1v) is 7.19. The van der Waals surface area contributed by atoms with Crippen LogP contribution >= 0.6 is 0 Å². The minimum absolute atomic E-state index is 0.541. The van der Waals surface area contributed by atoms with E-state index in [0.717, 1.165) is 6.61 Å². The molecular weight excluding hydrogens is 270 g/mol. The van der Waals surface area contributed by atoms with Gasteiger partial charge < -0.3 is 14.7 Å². The zero-order valence-electron chi connectivity index (χ0n) is 10.8. The third-order valence-electron chi connectivity index (χ3n) is 2.40. The molecule has 1 amide bonds. The van der Waals surface area contributed by atoms with E-state index in [-0.39, 0.29) is 0 Å². The van der Waals surface area contributed by atoms with Crippen LogP contribution in [-0.2, 0) is 19.0 Å². The molecule has 0 radical (unpaired) electrons. The summed E-state index contributed by atoms with van der Waals surface area (Å²) in [5.74, 6) is 0. The van der Waals surface area contributed by atoms with Crippen LogP contribution < -0.4 is 5.73 Å². The smallest absolute Gasteiger partial charge is 0.373 e. The van der Waals surface area contributed by atoms with E-state index in [1.165, 1.54) is 6.92 Å². The lowest BCUT2D eigenvalue weighted by Crippen LogP contribution is -2.22. The second-order valence-corrected chi connectivity index (χ2v) is 5.95. The number of nitrogens with two attached hydrogens (primary N) is 1. The molecule has 19 heavy (non-hydrogen) atoms. The van der Waals surface area contributed by atoms with Gasteiger partial charge >= 0.3 is 16.2 Å². The van der Waals surface area contributed by atoms with E-state index in [1.807, 2.05) is 0 Å². The van der Waals surface area contributed by atoms with Crippen LogP contribution in [0.3, 0.4) is 0 Å². The van der Waals surface area contributed by atoms with Crippen LogP contribution in [0, 0.1) is 0 Å². The number of primary amides is 1. The Morgan fingerprint density at radius 2 is 1.89 bits per heavy atom. The molecule has 1 aromatic rings. The summed E-state index contributed by atoms with van der Waals surface area (Å²) in [5.41, 5.74) is 5.19. The highest BCUT2D eigenvalue weighted by atomic mass is 32.2. The Morgan fingerprint density at radius 1 is 1.42 bits per heavy atom. The van der Waals surface area contributed by atoms with Crippen molar-refractivity contribution in [2.45, 2.75) is 25.2 Å². The molecule has 2 N–H and O–H groups in total. The van der Waals surface area contributed by atoms with Gasteiger partial charge in [0, 0.05) is 0 Å². The van der Waals surface area contributed by atoms with E-state index in [2.05, 4.69) is 16.8 Å².